The van der Waals surface area contributed by atoms with Crippen LogP contribution in [0.4, 0.5) is 5.69 Å². The quantitative estimate of drug-likeness (QED) is 0.445. The van der Waals surface area contributed by atoms with Gasteiger partial charge in [0.15, 0.2) is 6.61 Å². The molecule has 1 saturated heterocycles. The number of benzene rings is 3. The first-order chi connectivity index (χ1) is 16.0. The minimum absolute atomic E-state index is 0.0108. The zero-order chi connectivity index (χ0) is 23.2. The lowest BCUT2D eigenvalue weighted by atomic mass is 9.98. The number of ether oxygens (including phenoxy) is 1. The molecule has 0 atom stereocenters. The molecule has 0 aliphatic carbocycles. The molecule has 170 valence electrons. The minimum Gasteiger partial charge on any atom is -0.483 e. The Hall–Kier alpha value is -3.12. The minimum atomic E-state index is -0.287. The maximum Gasteiger partial charge on any atom is 0.262 e. The van der Waals surface area contributed by atoms with Crippen molar-refractivity contribution in [2.75, 3.05) is 25.0 Å². The molecule has 0 unspecified atom stereocenters. The summed E-state index contributed by atoms with van der Waals surface area (Å²) in [6.45, 7) is 3.65. The Morgan fingerprint density at radius 2 is 1.73 bits per heavy atom. The SMILES string of the molecule is CC1CCN(C(=O)c2cccc(NC(=O)COc3ccc(-c4ccccc4)cc3Br)c2)CC1. The Balaban J connectivity index is 1.34. The average Bonchev–Trinajstić information content (AvgIpc) is 2.84. The van der Waals surface area contributed by atoms with Crippen LogP contribution in [-0.2, 0) is 4.79 Å². The predicted octanol–water partition coefficient (Wildman–Crippen LogP) is 6.01. The number of hydrogen-bond donors (Lipinski definition) is 1. The third kappa shape index (κ3) is 6.02. The van der Waals surface area contributed by atoms with Crippen molar-refractivity contribution < 1.29 is 14.3 Å². The molecular weight excluding hydrogens is 480 g/mol. The average molecular weight is 507 g/mol. The molecule has 1 fully saturated rings. The molecule has 0 radical (unpaired) electrons. The van der Waals surface area contributed by atoms with Crippen molar-refractivity contribution in [1.82, 2.24) is 4.90 Å². The molecule has 2 amide bonds. The summed E-state index contributed by atoms with van der Waals surface area (Å²) < 4.78 is 6.49. The molecule has 0 bridgehead atoms. The van der Waals surface area contributed by atoms with Crippen molar-refractivity contribution >= 4 is 33.4 Å². The van der Waals surface area contributed by atoms with E-state index in [2.05, 4.69) is 28.2 Å². The van der Waals surface area contributed by atoms with Crippen LogP contribution in [0.3, 0.4) is 0 Å². The van der Waals surface area contributed by atoms with E-state index in [9.17, 15) is 9.59 Å². The van der Waals surface area contributed by atoms with Crippen molar-refractivity contribution in [2.24, 2.45) is 5.92 Å². The Morgan fingerprint density at radius 3 is 2.45 bits per heavy atom. The van der Waals surface area contributed by atoms with E-state index in [4.69, 9.17) is 4.74 Å². The second-order valence-corrected chi connectivity index (χ2v) is 9.26. The third-order valence-electron chi connectivity index (χ3n) is 5.86. The molecule has 3 aromatic carbocycles. The van der Waals surface area contributed by atoms with E-state index in [0.717, 1.165) is 41.5 Å². The summed E-state index contributed by atoms with van der Waals surface area (Å²) in [4.78, 5) is 27.2. The molecule has 1 heterocycles. The molecule has 33 heavy (non-hydrogen) atoms. The summed E-state index contributed by atoms with van der Waals surface area (Å²) in [6.07, 6.45) is 2.06. The van der Waals surface area contributed by atoms with Crippen LogP contribution in [0.1, 0.15) is 30.1 Å². The highest BCUT2D eigenvalue weighted by atomic mass is 79.9. The fourth-order valence-electron chi connectivity index (χ4n) is 3.89. The van der Waals surface area contributed by atoms with E-state index >= 15 is 0 Å². The first-order valence-electron chi connectivity index (χ1n) is 11.2. The lowest BCUT2D eigenvalue weighted by molar-refractivity contribution is -0.118. The Morgan fingerprint density at radius 1 is 0.970 bits per heavy atom. The summed E-state index contributed by atoms with van der Waals surface area (Å²) in [5.74, 6) is 0.976. The second-order valence-electron chi connectivity index (χ2n) is 8.40. The monoisotopic (exact) mass is 506 g/mol. The van der Waals surface area contributed by atoms with Crippen molar-refractivity contribution in [1.29, 1.82) is 0 Å². The van der Waals surface area contributed by atoms with Gasteiger partial charge in [0.1, 0.15) is 5.75 Å². The van der Waals surface area contributed by atoms with Crippen LogP contribution >= 0.6 is 15.9 Å². The highest BCUT2D eigenvalue weighted by molar-refractivity contribution is 9.10. The molecule has 1 aliphatic heterocycles. The van der Waals surface area contributed by atoms with Gasteiger partial charge in [-0.15, -0.1) is 0 Å². The van der Waals surface area contributed by atoms with Gasteiger partial charge in [0.05, 0.1) is 4.47 Å². The summed E-state index contributed by atoms with van der Waals surface area (Å²) in [7, 11) is 0. The molecule has 1 aliphatic rings. The Labute approximate surface area is 202 Å². The molecule has 0 aromatic heterocycles. The number of halogens is 1. The second kappa shape index (κ2) is 10.7. The predicted molar refractivity (Wildman–Crippen MR) is 134 cm³/mol. The molecule has 5 nitrogen and oxygen atoms in total. The first kappa shape index (κ1) is 23.1. The van der Waals surface area contributed by atoms with Crippen LogP contribution in [0, 0.1) is 5.92 Å². The standard InChI is InChI=1S/C27H27BrN2O3/c1-19-12-14-30(15-13-19)27(32)22-8-5-9-23(16-22)29-26(31)18-33-25-11-10-21(17-24(25)28)20-6-3-2-4-7-20/h2-11,16-17,19H,12-15,18H2,1H3,(H,29,31). The zero-order valence-electron chi connectivity index (χ0n) is 18.6. The maximum absolute atomic E-state index is 12.8. The molecule has 0 saturated carbocycles. The fourth-order valence-corrected chi connectivity index (χ4v) is 4.39. The number of anilines is 1. The van der Waals surface area contributed by atoms with Gasteiger partial charge in [-0.1, -0.05) is 49.4 Å². The zero-order valence-corrected chi connectivity index (χ0v) is 20.2. The highest BCUT2D eigenvalue weighted by Crippen LogP contribution is 2.30. The van der Waals surface area contributed by atoms with Gasteiger partial charge in [-0.05, 0) is 76.1 Å². The summed E-state index contributed by atoms with van der Waals surface area (Å²) in [6, 6.07) is 22.9. The number of nitrogens with one attached hydrogen (secondary N) is 1. The van der Waals surface area contributed by atoms with Gasteiger partial charge in [0, 0.05) is 24.3 Å². The number of carbonyl (C=O) groups is 2. The van der Waals surface area contributed by atoms with Gasteiger partial charge in [-0.2, -0.15) is 0 Å². The van der Waals surface area contributed by atoms with E-state index in [1.165, 1.54) is 0 Å². The lowest BCUT2D eigenvalue weighted by Gasteiger charge is -2.30. The normalized spacial score (nSPS) is 14.1. The Bertz CT molecular complexity index is 1130. The van der Waals surface area contributed by atoms with Crippen molar-refractivity contribution in [3.8, 4) is 16.9 Å². The van der Waals surface area contributed by atoms with E-state index in [1.807, 2.05) is 53.4 Å². The van der Waals surface area contributed by atoms with Crippen LogP contribution in [0.2, 0.25) is 0 Å². The van der Waals surface area contributed by atoms with Gasteiger partial charge < -0.3 is 15.0 Å². The van der Waals surface area contributed by atoms with Crippen LogP contribution in [0.25, 0.3) is 11.1 Å². The Kier molecular flexibility index (Phi) is 7.45. The van der Waals surface area contributed by atoms with E-state index in [1.54, 1.807) is 24.3 Å². The van der Waals surface area contributed by atoms with Crippen molar-refractivity contribution in [3.05, 3.63) is 82.8 Å². The molecule has 4 rings (SSSR count). The number of hydrogen-bond acceptors (Lipinski definition) is 3. The van der Waals surface area contributed by atoms with Crippen LogP contribution in [-0.4, -0.2) is 36.4 Å². The molecular formula is C27H27BrN2O3. The van der Waals surface area contributed by atoms with Gasteiger partial charge >= 0.3 is 0 Å². The summed E-state index contributed by atoms with van der Waals surface area (Å²) >= 11 is 3.53. The summed E-state index contributed by atoms with van der Waals surface area (Å²) in [5, 5.41) is 2.82. The van der Waals surface area contributed by atoms with Crippen molar-refractivity contribution in [2.45, 2.75) is 19.8 Å². The van der Waals surface area contributed by atoms with Gasteiger partial charge in [-0.3, -0.25) is 9.59 Å². The largest absolute Gasteiger partial charge is 0.483 e. The van der Waals surface area contributed by atoms with Crippen LogP contribution < -0.4 is 10.1 Å². The van der Waals surface area contributed by atoms with Crippen LogP contribution in [0.15, 0.2) is 77.3 Å². The number of likely N-dealkylation sites (tertiary alicyclic amines) is 1. The molecule has 0 spiro atoms. The maximum atomic E-state index is 12.8. The fraction of sp³-hybridized carbons (Fsp3) is 0.259. The molecule has 1 N–H and O–H groups in total. The first-order valence-corrected chi connectivity index (χ1v) is 12.0. The lowest BCUT2D eigenvalue weighted by Crippen LogP contribution is -2.37. The molecule has 6 heteroatoms. The van der Waals surface area contributed by atoms with Gasteiger partial charge in [-0.25, -0.2) is 0 Å². The number of rotatable bonds is 6. The number of nitrogens with zero attached hydrogens (tertiary/aromatic N) is 1. The van der Waals surface area contributed by atoms with Crippen LogP contribution in [0.5, 0.6) is 5.75 Å². The van der Waals surface area contributed by atoms with E-state index in [-0.39, 0.29) is 18.4 Å². The topological polar surface area (TPSA) is 58.6 Å². The van der Waals surface area contributed by atoms with E-state index < -0.39 is 0 Å². The number of piperidine rings is 1. The van der Waals surface area contributed by atoms with E-state index in [0.29, 0.717) is 22.9 Å². The van der Waals surface area contributed by atoms with Crippen molar-refractivity contribution in [3.63, 3.8) is 0 Å². The smallest absolute Gasteiger partial charge is 0.262 e. The van der Waals surface area contributed by atoms with Gasteiger partial charge in [0.25, 0.3) is 11.8 Å². The highest BCUT2D eigenvalue weighted by Gasteiger charge is 2.21. The molecule has 3 aromatic rings. The summed E-state index contributed by atoms with van der Waals surface area (Å²) in [5.41, 5.74) is 3.33. The number of carbonyl (C=O) groups excluding carboxylic acids is 2. The third-order valence-corrected chi connectivity index (χ3v) is 6.48. The number of amides is 2. The van der Waals surface area contributed by atoms with Gasteiger partial charge in [0.2, 0.25) is 0 Å².